The van der Waals surface area contributed by atoms with Gasteiger partial charge in [-0.2, -0.15) is 4.31 Å². The van der Waals surface area contributed by atoms with Crippen molar-refractivity contribution in [2.24, 2.45) is 0 Å². The highest BCUT2D eigenvalue weighted by molar-refractivity contribution is 7.89. The van der Waals surface area contributed by atoms with Gasteiger partial charge in [0.1, 0.15) is 6.33 Å². The molecule has 6 nitrogen and oxygen atoms in total. The summed E-state index contributed by atoms with van der Waals surface area (Å²) in [6, 6.07) is 10.4. The molecule has 1 fully saturated rings. The summed E-state index contributed by atoms with van der Waals surface area (Å²) in [7, 11) is -3.45. The van der Waals surface area contributed by atoms with Crippen molar-refractivity contribution in [1.82, 2.24) is 14.3 Å². The minimum Gasteiger partial charge on any atom is -0.375 e. The lowest BCUT2D eigenvalue weighted by molar-refractivity contribution is -0.00538. The van der Waals surface area contributed by atoms with Crippen molar-refractivity contribution in [2.45, 2.75) is 23.8 Å². The largest absolute Gasteiger partial charge is 0.375 e. The van der Waals surface area contributed by atoms with Gasteiger partial charge in [-0.05, 0) is 31.0 Å². The van der Waals surface area contributed by atoms with Crippen molar-refractivity contribution in [1.29, 1.82) is 0 Å². The Balaban J connectivity index is 1.64. The molecular formula is C16H19N3O3S. The second-order valence-corrected chi connectivity index (χ2v) is 7.35. The first-order chi connectivity index (χ1) is 11.2. The van der Waals surface area contributed by atoms with Crippen LogP contribution in [0.25, 0.3) is 0 Å². The molecule has 2 aromatic rings. The third-order valence-corrected chi connectivity index (χ3v) is 5.73. The first-order valence-electron chi connectivity index (χ1n) is 7.58. The smallest absolute Gasteiger partial charge is 0.243 e. The predicted octanol–water partition coefficient (Wildman–Crippen LogP) is 1.50. The molecule has 0 bridgehead atoms. The van der Waals surface area contributed by atoms with Crippen LogP contribution in [-0.2, 0) is 21.2 Å². The second-order valence-electron chi connectivity index (χ2n) is 5.41. The molecule has 0 saturated carbocycles. The van der Waals surface area contributed by atoms with Crippen molar-refractivity contribution in [3.63, 3.8) is 0 Å². The molecule has 0 N–H and O–H groups in total. The highest BCUT2D eigenvalue weighted by Crippen LogP contribution is 2.20. The van der Waals surface area contributed by atoms with Crippen LogP contribution in [0.3, 0.4) is 0 Å². The van der Waals surface area contributed by atoms with E-state index in [9.17, 15) is 8.42 Å². The molecule has 23 heavy (non-hydrogen) atoms. The van der Waals surface area contributed by atoms with Crippen molar-refractivity contribution in [2.75, 3.05) is 19.7 Å². The van der Waals surface area contributed by atoms with Gasteiger partial charge in [0, 0.05) is 25.0 Å². The van der Waals surface area contributed by atoms with E-state index in [0.717, 1.165) is 18.5 Å². The number of morpholine rings is 1. The molecule has 0 radical (unpaired) electrons. The molecule has 0 aliphatic carbocycles. The van der Waals surface area contributed by atoms with Gasteiger partial charge in [-0.15, -0.1) is 0 Å². The summed E-state index contributed by atoms with van der Waals surface area (Å²) in [4.78, 5) is 8.40. The fourth-order valence-corrected chi connectivity index (χ4v) is 4.08. The molecule has 7 heteroatoms. The van der Waals surface area contributed by atoms with E-state index < -0.39 is 10.0 Å². The number of nitrogens with zero attached hydrogens (tertiary/aromatic N) is 3. The lowest BCUT2D eigenvalue weighted by atomic mass is 10.1. The van der Waals surface area contributed by atoms with Crippen molar-refractivity contribution < 1.29 is 13.2 Å². The summed E-state index contributed by atoms with van der Waals surface area (Å²) in [5.41, 5.74) is 0.937. The van der Waals surface area contributed by atoms with Gasteiger partial charge in [0.05, 0.1) is 17.6 Å². The average Bonchev–Trinajstić information content (AvgIpc) is 2.62. The van der Waals surface area contributed by atoms with Gasteiger partial charge >= 0.3 is 0 Å². The van der Waals surface area contributed by atoms with Crippen LogP contribution in [0.15, 0.2) is 53.8 Å². The molecular weight excluding hydrogens is 314 g/mol. The van der Waals surface area contributed by atoms with E-state index in [-0.39, 0.29) is 6.10 Å². The van der Waals surface area contributed by atoms with Crippen LogP contribution in [0.4, 0.5) is 0 Å². The van der Waals surface area contributed by atoms with Gasteiger partial charge in [-0.25, -0.2) is 18.4 Å². The van der Waals surface area contributed by atoms with E-state index in [1.807, 2.05) is 12.1 Å². The maximum Gasteiger partial charge on any atom is 0.243 e. The van der Waals surface area contributed by atoms with Gasteiger partial charge in [0.15, 0.2) is 0 Å². The molecule has 3 rings (SSSR count). The van der Waals surface area contributed by atoms with E-state index in [4.69, 9.17) is 4.74 Å². The summed E-state index contributed by atoms with van der Waals surface area (Å²) < 4.78 is 32.5. The standard InChI is InChI=1S/C16H19N3O3S/c20-23(21,16-4-2-1-3-5-16)19-10-11-22-15(12-19)7-6-14-8-9-17-13-18-14/h1-5,8-9,13,15H,6-7,10-12H2/t15-/m0/s1. The summed E-state index contributed by atoms with van der Waals surface area (Å²) >= 11 is 0. The van der Waals surface area contributed by atoms with E-state index in [1.165, 1.54) is 10.6 Å². The number of hydrogen-bond donors (Lipinski definition) is 0. The van der Waals surface area contributed by atoms with Crippen LogP contribution in [0.2, 0.25) is 0 Å². The first kappa shape index (κ1) is 16.0. The Kier molecular flexibility index (Phi) is 5.00. The fraction of sp³-hybridized carbons (Fsp3) is 0.375. The van der Waals surface area contributed by atoms with E-state index in [1.54, 1.807) is 30.5 Å². The van der Waals surface area contributed by atoms with Gasteiger partial charge in [0.25, 0.3) is 0 Å². The number of ether oxygens (including phenoxy) is 1. The number of rotatable bonds is 5. The molecule has 1 aliphatic heterocycles. The maximum atomic E-state index is 12.7. The van der Waals surface area contributed by atoms with Gasteiger partial charge in [-0.1, -0.05) is 18.2 Å². The molecule has 1 aromatic carbocycles. The molecule has 0 unspecified atom stereocenters. The van der Waals surface area contributed by atoms with Crippen LogP contribution in [-0.4, -0.2) is 48.5 Å². The van der Waals surface area contributed by atoms with Crippen LogP contribution >= 0.6 is 0 Å². The molecule has 1 atom stereocenters. The minimum atomic E-state index is -3.45. The monoisotopic (exact) mass is 333 g/mol. The molecule has 1 saturated heterocycles. The van der Waals surface area contributed by atoms with Crippen LogP contribution < -0.4 is 0 Å². The topological polar surface area (TPSA) is 72.4 Å². The number of sulfonamides is 1. The van der Waals surface area contributed by atoms with Crippen LogP contribution in [0, 0.1) is 0 Å². The zero-order chi connectivity index (χ0) is 16.1. The highest BCUT2D eigenvalue weighted by Gasteiger charge is 2.30. The average molecular weight is 333 g/mol. The maximum absolute atomic E-state index is 12.7. The number of aryl methyl sites for hydroxylation is 1. The van der Waals surface area contributed by atoms with Gasteiger partial charge < -0.3 is 4.74 Å². The van der Waals surface area contributed by atoms with Crippen molar-refractivity contribution in [3.05, 3.63) is 54.6 Å². The van der Waals surface area contributed by atoms with Crippen molar-refractivity contribution in [3.8, 4) is 0 Å². The Morgan fingerprint density at radius 3 is 2.78 bits per heavy atom. The third kappa shape index (κ3) is 3.93. The zero-order valence-corrected chi connectivity index (χ0v) is 13.5. The first-order valence-corrected chi connectivity index (χ1v) is 9.02. The molecule has 0 amide bonds. The predicted molar refractivity (Wildman–Crippen MR) is 85.3 cm³/mol. The summed E-state index contributed by atoms with van der Waals surface area (Å²) in [6.07, 6.45) is 4.58. The lowest BCUT2D eigenvalue weighted by Gasteiger charge is -2.32. The molecule has 1 aromatic heterocycles. The second kappa shape index (κ2) is 7.16. The number of benzene rings is 1. The number of hydrogen-bond acceptors (Lipinski definition) is 5. The lowest BCUT2D eigenvalue weighted by Crippen LogP contribution is -2.45. The fourth-order valence-electron chi connectivity index (χ4n) is 2.60. The Hall–Kier alpha value is -1.83. The van der Waals surface area contributed by atoms with Gasteiger partial charge in [-0.3, -0.25) is 0 Å². The zero-order valence-electron chi connectivity index (χ0n) is 12.7. The SMILES string of the molecule is O=S(=O)(c1ccccc1)N1CCO[C@@H](CCc2ccncn2)C1. The highest BCUT2D eigenvalue weighted by atomic mass is 32.2. The number of aromatic nitrogens is 2. The summed E-state index contributed by atoms with van der Waals surface area (Å²) in [5, 5.41) is 0. The Labute approximate surface area is 136 Å². The summed E-state index contributed by atoms with van der Waals surface area (Å²) in [6.45, 7) is 1.18. The van der Waals surface area contributed by atoms with Gasteiger partial charge in [0.2, 0.25) is 10.0 Å². The van der Waals surface area contributed by atoms with Crippen LogP contribution in [0.5, 0.6) is 0 Å². The molecule has 0 spiro atoms. The normalized spacial score (nSPS) is 19.6. The molecule has 1 aliphatic rings. The Bertz CT molecular complexity index is 723. The van der Waals surface area contributed by atoms with Crippen LogP contribution in [0.1, 0.15) is 12.1 Å². The quantitative estimate of drug-likeness (QED) is 0.829. The molecule has 2 heterocycles. The third-order valence-electron chi connectivity index (χ3n) is 3.85. The Morgan fingerprint density at radius 1 is 1.22 bits per heavy atom. The summed E-state index contributed by atoms with van der Waals surface area (Å²) in [5.74, 6) is 0. The van der Waals surface area contributed by atoms with E-state index in [0.29, 0.717) is 24.6 Å². The van der Waals surface area contributed by atoms with E-state index >= 15 is 0 Å². The molecule has 122 valence electrons. The minimum absolute atomic E-state index is 0.114. The van der Waals surface area contributed by atoms with E-state index in [2.05, 4.69) is 9.97 Å². The Morgan fingerprint density at radius 2 is 2.04 bits per heavy atom. The van der Waals surface area contributed by atoms with Crippen molar-refractivity contribution >= 4 is 10.0 Å².